The Morgan fingerprint density at radius 3 is 2.40 bits per heavy atom. The topological polar surface area (TPSA) is 110 Å². The molecular weight excluding hydrogens is 450 g/mol. The molecule has 4 rings (SSSR count). The molecule has 2 amide bonds. The van der Waals surface area contributed by atoms with E-state index in [2.05, 4.69) is 15.5 Å². The number of piperidine rings is 1. The molecule has 0 bridgehead atoms. The number of carbonyl (C=O) groups is 2. The number of hydrogen-bond donors (Lipinski definition) is 2. The summed E-state index contributed by atoms with van der Waals surface area (Å²) >= 11 is 0. The maximum atomic E-state index is 12.8. The van der Waals surface area contributed by atoms with Crippen LogP contribution >= 0.6 is 0 Å². The molecule has 0 radical (unpaired) electrons. The van der Waals surface area contributed by atoms with Crippen molar-refractivity contribution in [2.24, 2.45) is 0 Å². The van der Waals surface area contributed by atoms with Crippen LogP contribution in [0.1, 0.15) is 36.7 Å². The maximum absolute atomic E-state index is 12.8. The Morgan fingerprint density at radius 1 is 1.06 bits per heavy atom. The van der Waals surface area contributed by atoms with Crippen molar-refractivity contribution in [3.05, 3.63) is 58.4 Å². The molecule has 9 heteroatoms. The average molecular weight is 480 g/mol. The van der Waals surface area contributed by atoms with Crippen LogP contribution in [-0.4, -0.2) is 45.2 Å². The predicted octanol–water partition coefficient (Wildman–Crippen LogP) is 3.56. The van der Waals surface area contributed by atoms with Crippen molar-refractivity contribution in [3.8, 4) is 11.5 Å². The van der Waals surface area contributed by atoms with Crippen molar-refractivity contribution in [3.63, 3.8) is 0 Å². The summed E-state index contributed by atoms with van der Waals surface area (Å²) in [5.74, 6) is 0.197. The van der Waals surface area contributed by atoms with Crippen LogP contribution in [0.5, 0.6) is 11.5 Å². The van der Waals surface area contributed by atoms with Gasteiger partial charge in [0.2, 0.25) is 5.91 Å². The zero-order chi connectivity index (χ0) is 24.9. The lowest BCUT2D eigenvalue weighted by molar-refractivity contribution is -0.121. The number of amides is 2. The van der Waals surface area contributed by atoms with Gasteiger partial charge in [0.1, 0.15) is 22.5 Å². The number of hydrogen-bond acceptors (Lipinski definition) is 7. The van der Waals surface area contributed by atoms with E-state index in [0.717, 1.165) is 37.7 Å². The highest BCUT2D eigenvalue weighted by Gasteiger charge is 2.21. The quantitative estimate of drug-likeness (QED) is 0.533. The fourth-order valence-corrected chi connectivity index (χ4v) is 4.18. The van der Waals surface area contributed by atoms with E-state index in [1.807, 2.05) is 31.2 Å². The summed E-state index contributed by atoms with van der Waals surface area (Å²) in [4.78, 5) is 39.3. The van der Waals surface area contributed by atoms with Crippen molar-refractivity contribution >= 4 is 34.2 Å². The van der Waals surface area contributed by atoms with Gasteiger partial charge >= 0.3 is 0 Å². The summed E-state index contributed by atoms with van der Waals surface area (Å²) in [5, 5.41) is 6.07. The Balaban J connectivity index is 1.44. The summed E-state index contributed by atoms with van der Waals surface area (Å²) in [6.45, 7) is 3.54. The molecule has 0 atom stereocenters. The normalized spacial score (nSPS) is 14.0. The molecular formula is C26H29N3O6. The first kappa shape index (κ1) is 24.1. The summed E-state index contributed by atoms with van der Waals surface area (Å²) in [6.07, 6.45) is 2.28. The summed E-state index contributed by atoms with van der Waals surface area (Å²) in [6, 6.07) is 12.0. The highest BCUT2D eigenvalue weighted by Crippen LogP contribution is 2.29. The first-order chi connectivity index (χ1) is 16.9. The number of anilines is 2. The smallest absolute Gasteiger partial charge is 0.291 e. The molecule has 2 N–H and O–H groups in total. The molecule has 184 valence electrons. The predicted molar refractivity (Wildman–Crippen MR) is 134 cm³/mol. The van der Waals surface area contributed by atoms with Gasteiger partial charge in [-0.1, -0.05) is 6.92 Å². The molecule has 9 nitrogen and oxygen atoms in total. The standard InChI is InChI=1S/C26H29N3O6/c1-4-24(31)27-17-9-11-29(12-10-17)18-7-5-16(6-8-18)28-26(32)23-15-20(30)25-21(34-3)13-19(33-2)14-22(25)35-23/h5-8,13-15,17H,4,9-12H2,1-3H3,(H,27,31)(H,28,32). The van der Waals surface area contributed by atoms with Crippen LogP contribution in [0.15, 0.2) is 51.7 Å². The second-order valence-corrected chi connectivity index (χ2v) is 8.36. The number of methoxy groups -OCH3 is 2. The van der Waals surface area contributed by atoms with Crippen molar-refractivity contribution in [2.75, 3.05) is 37.5 Å². The Labute approximate surface area is 203 Å². The van der Waals surface area contributed by atoms with E-state index in [0.29, 0.717) is 23.6 Å². The molecule has 0 unspecified atom stereocenters. The monoisotopic (exact) mass is 479 g/mol. The van der Waals surface area contributed by atoms with E-state index >= 15 is 0 Å². The maximum Gasteiger partial charge on any atom is 0.291 e. The van der Waals surface area contributed by atoms with E-state index in [9.17, 15) is 14.4 Å². The van der Waals surface area contributed by atoms with Gasteiger partial charge in [-0.3, -0.25) is 14.4 Å². The molecule has 0 saturated carbocycles. The number of rotatable bonds is 7. The Hall–Kier alpha value is -4.01. The van der Waals surface area contributed by atoms with Crippen LogP contribution in [-0.2, 0) is 4.79 Å². The van der Waals surface area contributed by atoms with Gasteiger partial charge in [0.25, 0.3) is 5.91 Å². The number of benzene rings is 2. The average Bonchev–Trinajstić information content (AvgIpc) is 2.88. The molecule has 1 aromatic heterocycles. The second-order valence-electron chi connectivity index (χ2n) is 8.36. The van der Waals surface area contributed by atoms with Crippen LogP contribution in [0.4, 0.5) is 11.4 Å². The number of nitrogens with one attached hydrogen (secondary N) is 2. The van der Waals surface area contributed by atoms with Gasteiger partial charge in [-0.2, -0.15) is 0 Å². The second kappa shape index (κ2) is 10.5. The fraction of sp³-hybridized carbons (Fsp3) is 0.346. The fourth-order valence-electron chi connectivity index (χ4n) is 4.18. The molecule has 3 aromatic rings. The largest absolute Gasteiger partial charge is 0.496 e. The summed E-state index contributed by atoms with van der Waals surface area (Å²) in [7, 11) is 2.94. The molecule has 1 saturated heterocycles. The Morgan fingerprint density at radius 2 is 1.77 bits per heavy atom. The van der Waals surface area contributed by atoms with E-state index in [-0.39, 0.29) is 34.1 Å². The third-order valence-corrected chi connectivity index (χ3v) is 6.12. The molecule has 0 spiro atoms. The third kappa shape index (κ3) is 5.40. The lowest BCUT2D eigenvalue weighted by Crippen LogP contribution is -2.44. The van der Waals surface area contributed by atoms with E-state index in [1.54, 1.807) is 12.1 Å². The minimum Gasteiger partial charge on any atom is -0.496 e. The van der Waals surface area contributed by atoms with Gasteiger partial charge in [0, 0.05) is 55.1 Å². The SMILES string of the molecule is CCC(=O)NC1CCN(c2ccc(NC(=O)c3cc(=O)c4c(OC)cc(OC)cc4o3)cc2)CC1. The van der Waals surface area contributed by atoms with Crippen LogP contribution in [0.3, 0.4) is 0 Å². The van der Waals surface area contributed by atoms with Crippen molar-refractivity contribution in [2.45, 2.75) is 32.2 Å². The highest BCUT2D eigenvalue weighted by atomic mass is 16.5. The molecule has 0 aliphatic carbocycles. The lowest BCUT2D eigenvalue weighted by atomic mass is 10.0. The number of carbonyl (C=O) groups excluding carboxylic acids is 2. The lowest BCUT2D eigenvalue weighted by Gasteiger charge is -2.34. The van der Waals surface area contributed by atoms with Crippen molar-refractivity contribution in [1.29, 1.82) is 0 Å². The van der Waals surface area contributed by atoms with Crippen LogP contribution in [0.2, 0.25) is 0 Å². The van der Waals surface area contributed by atoms with Gasteiger partial charge in [-0.15, -0.1) is 0 Å². The zero-order valence-corrected chi connectivity index (χ0v) is 20.1. The molecule has 2 heterocycles. The van der Waals surface area contributed by atoms with Gasteiger partial charge < -0.3 is 29.4 Å². The van der Waals surface area contributed by atoms with Crippen molar-refractivity contribution in [1.82, 2.24) is 5.32 Å². The first-order valence-corrected chi connectivity index (χ1v) is 11.6. The summed E-state index contributed by atoms with van der Waals surface area (Å²) < 4.78 is 16.2. The number of fused-ring (bicyclic) bond motifs is 1. The first-order valence-electron chi connectivity index (χ1n) is 11.6. The van der Waals surface area contributed by atoms with Gasteiger partial charge in [0.15, 0.2) is 11.2 Å². The van der Waals surface area contributed by atoms with Crippen molar-refractivity contribution < 1.29 is 23.5 Å². The number of ether oxygens (including phenoxy) is 2. The van der Waals surface area contributed by atoms with Gasteiger partial charge in [-0.05, 0) is 37.1 Å². The highest BCUT2D eigenvalue weighted by molar-refractivity contribution is 6.03. The van der Waals surface area contributed by atoms with E-state index in [1.165, 1.54) is 14.2 Å². The third-order valence-electron chi connectivity index (χ3n) is 6.12. The van der Waals surface area contributed by atoms with Crippen LogP contribution < -0.4 is 30.4 Å². The van der Waals surface area contributed by atoms with Gasteiger partial charge in [-0.25, -0.2) is 0 Å². The summed E-state index contributed by atoms with van der Waals surface area (Å²) in [5.41, 5.74) is 1.44. The van der Waals surface area contributed by atoms with Crippen LogP contribution in [0.25, 0.3) is 11.0 Å². The zero-order valence-electron chi connectivity index (χ0n) is 20.1. The minimum absolute atomic E-state index is 0.0871. The van der Waals surface area contributed by atoms with Crippen LogP contribution in [0, 0.1) is 0 Å². The Bertz CT molecular complexity index is 1280. The molecule has 1 aliphatic heterocycles. The molecule has 35 heavy (non-hydrogen) atoms. The Kier molecular flexibility index (Phi) is 7.24. The molecule has 1 aliphatic rings. The van der Waals surface area contributed by atoms with E-state index < -0.39 is 5.91 Å². The van der Waals surface area contributed by atoms with Gasteiger partial charge in [0.05, 0.1) is 14.2 Å². The minimum atomic E-state index is -0.536. The molecule has 2 aromatic carbocycles. The molecule has 1 fully saturated rings. The van der Waals surface area contributed by atoms with E-state index in [4.69, 9.17) is 13.9 Å². The number of nitrogens with zero attached hydrogens (tertiary/aromatic N) is 1.